The largest absolute Gasteiger partial charge is 0.394 e. The van der Waals surface area contributed by atoms with Crippen molar-refractivity contribution in [1.29, 1.82) is 0 Å². The Morgan fingerprint density at radius 2 is 2.39 bits per heavy atom. The Hall–Kier alpha value is 0.190. The molecule has 0 saturated carbocycles. The van der Waals surface area contributed by atoms with Crippen LogP contribution in [0.1, 0.15) is 25.7 Å². The zero-order valence-electron chi connectivity index (χ0n) is 11.0. The highest BCUT2D eigenvalue weighted by Crippen LogP contribution is 2.38. The van der Waals surface area contributed by atoms with Crippen LogP contribution in [0.4, 0.5) is 0 Å². The molecule has 0 aromatic heterocycles. The molecule has 5 heteroatoms. The number of rotatable bonds is 7. The fourth-order valence-electron chi connectivity index (χ4n) is 2.71. The summed E-state index contributed by atoms with van der Waals surface area (Å²) in [6, 6.07) is 0.607. The molecular weight excluding hydrogens is 250 g/mol. The van der Waals surface area contributed by atoms with Crippen LogP contribution >= 0.6 is 11.8 Å². The van der Waals surface area contributed by atoms with Gasteiger partial charge in [0.15, 0.2) is 0 Å². The lowest BCUT2D eigenvalue weighted by atomic mass is 9.90. The smallest absolute Gasteiger partial charge is 0.0795 e. The first-order valence-electron chi connectivity index (χ1n) is 6.98. The van der Waals surface area contributed by atoms with Gasteiger partial charge < -0.3 is 19.9 Å². The van der Waals surface area contributed by atoms with Crippen LogP contribution in [0.25, 0.3) is 0 Å². The number of aliphatic hydroxyl groups excluding tert-OH is 1. The lowest BCUT2D eigenvalue weighted by Crippen LogP contribution is -2.47. The van der Waals surface area contributed by atoms with E-state index in [0.717, 1.165) is 39.0 Å². The molecule has 2 saturated heterocycles. The van der Waals surface area contributed by atoms with E-state index in [-0.39, 0.29) is 12.2 Å². The van der Waals surface area contributed by atoms with Crippen LogP contribution < -0.4 is 5.32 Å². The van der Waals surface area contributed by atoms with E-state index in [2.05, 4.69) is 5.32 Å². The van der Waals surface area contributed by atoms with Gasteiger partial charge in [-0.1, -0.05) is 0 Å². The van der Waals surface area contributed by atoms with E-state index in [4.69, 9.17) is 14.6 Å². The molecule has 0 bridgehead atoms. The zero-order valence-corrected chi connectivity index (χ0v) is 11.8. The first kappa shape index (κ1) is 14.6. The maximum Gasteiger partial charge on any atom is 0.0795 e. The Kier molecular flexibility index (Phi) is 6.24. The summed E-state index contributed by atoms with van der Waals surface area (Å²) in [6.45, 7) is 3.21. The van der Waals surface area contributed by atoms with Gasteiger partial charge in [0.1, 0.15) is 0 Å². The van der Waals surface area contributed by atoms with Crippen molar-refractivity contribution >= 4 is 11.8 Å². The Bertz CT molecular complexity index is 234. The molecule has 2 aliphatic rings. The molecule has 1 spiro atoms. The third kappa shape index (κ3) is 4.38. The summed E-state index contributed by atoms with van der Waals surface area (Å²) in [5.74, 6) is 2.42. The Morgan fingerprint density at radius 1 is 1.44 bits per heavy atom. The molecule has 2 fully saturated rings. The summed E-state index contributed by atoms with van der Waals surface area (Å²) >= 11 is 2.02. The van der Waals surface area contributed by atoms with Crippen LogP contribution in [0.15, 0.2) is 0 Å². The SMILES string of the molecule is OCCOCCCNC1CCOC2(CCSC2)C1. The second-order valence-corrected chi connectivity index (χ2v) is 6.27. The number of ether oxygens (including phenoxy) is 2. The van der Waals surface area contributed by atoms with E-state index < -0.39 is 0 Å². The molecule has 106 valence electrons. The quantitative estimate of drug-likeness (QED) is 0.680. The molecule has 4 nitrogen and oxygen atoms in total. The van der Waals surface area contributed by atoms with Crippen LogP contribution in [-0.4, -0.2) is 61.2 Å². The molecule has 0 aliphatic carbocycles. The summed E-state index contributed by atoms with van der Waals surface area (Å²) in [6.07, 6.45) is 4.52. The van der Waals surface area contributed by atoms with Gasteiger partial charge in [-0.05, 0) is 38.0 Å². The molecular formula is C13H25NO3S. The van der Waals surface area contributed by atoms with Crippen molar-refractivity contribution in [2.75, 3.05) is 44.5 Å². The normalized spacial score (nSPS) is 32.2. The monoisotopic (exact) mass is 275 g/mol. The number of hydrogen-bond donors (Lipinski definition) is 2. The van der Waals surface area contributed by atoms with Gasteiger partial charge in [0, 0.05) is 25.0 Å². The molecule has 2 aliphatic heterocycles. The fraction of sp³-hybridized carbons (Fsp3) is 1.00. The second-order valence-electron chi connectivity index (χ2n) is 5.17. The van der Waals surface area contributed by atoms with Gasteiger partial charge in [0.05, 0.1) is 18.8 Å². The molecule has 0 radical (unpaired) electrons. The van der Waals surface area contributed by atoms with E-state index in [9.17, 15) is 0 Å². The summed E-state index contributed by atoms with van der Waals surface area (Å²) in [5.41, 5.74) is 0.175. The van der Waals surface area contributed by atoms with Gasteiger partial charge in [-0.3, -0.25) is 0 Å². The summed E-state index contributed by atoms with van der Waals surface area (Å²) < 4.78 is 11.3. The lowest BCUT2D eigenvalue weighted by Gasteiger charge is -2.38. The van der Waals surface area contributed by atoms with E-state index in [0.29, 0.717) is 12.6 Å². The Labute approximate surface area is 114 Å². The minimum atomic E-state index is 0.119. The predicted molar refractivity (Wildman–Crippen MR) is 74.2 cm³/mol. The molecule has 2 unspecified atom stereocenters. The Morgan fingerprint density at radius 3 is 3.17 bits per heavy atom. The van der Waals surface area contributed by atoms with Gasteiger partial charge in [0.25, 0.3) is 0 Å². The van der Waals surface area contributed by atoms with Crippen molar-refractivity contribution < 1.29 is 14.6 Å². The minimum absolute atomic E-state index is 0.119. The standard InChI is InChI=1S/C13H25NO3S/c15-5-8-16-6-1-4-14-12-2-7-17-13(10-12)3-9-18-11-13/h12,14-15H,1-11H2. The van der Waals surface area contributed by atoms with Crippen molar-refractivity contribution in [3.63, 3.8) is 0 Å². The topological polar surface area (TPSA) is 50.7 Å². The molecule has 2 atom stereocenters. The average molecular weight is 275 g/mol. The van der Waals surface area contributed by atoms with Gasteiger partial charge in [0.2, 0.25) is 0 Å². The second kappa shape index (κ2) is 7.70. The first-order chi connectivity index (χ1) is 8.85. The van der Waals surface area contributed by atoms with Crippen molar-refractivity contribution in [2.45, 2.75) is 37.3 Å². The first-order valence-corrected chi connectivity index (χ1v) is 8.14. The third-order valence-electron chi connectivity index (χ3n) is 3.69. The molecule has 18 heavy (non-hydrogen) atoms. The van der Waals surface area contributed by atoms with E-state index in [1.165, 1.54) is 17.9 Å². The predicted octanol–water partition coefficient (Wildman–Crippen LogP) is 1.03. The average Bonchev–Trinajstić information content (AvgIpc) is 2.82. The van der Waals surface area contributed by atoms with Crippen molar-refractivity contribution in [1.82, 2.24) is 5.32 Å². The van der Waals surface area contributed by atoms with Crippen LogP contribution in [0, 0.1) is 0 Å². The number of aliphatic hydroxyl groups is 1. The van der Waals surface area contributed by atoms with Gasteiger partial charge in [-0.25, -0.2) is 0 Å². The van der Waals surface area contributed by atoms with E-state index >= 15 is 0 Å². The highest BCUT2D eigenvalue weighted by atomic mass is 32.2. The van der Waals surface area contributed by atoms with Gasteiger partial charge in [-0.15, -0.1) is 0 Å². The molecule has 0 aromatic carbocycles. The fourth-order valence-corrected chi connectivity index (χ4v) is 4.09. The zero-order chi connectivity index (χ0) is 12.7. The van der Waals surface area contributed by atoms with Crippen LogP contribution in [0.5, 0.6) is 0 Å². The highest BCUT2D eigenvalue weighted by molar-refractivity contribution is 7.99. The number of hydrogen-bond acceptors (Lipinski definition) is 5. The maximum absolute atomic E-state index is 8.59. The molecule has 0 amide bonds. The number of thioether (sulfide) groups is 1. The van der Waals surface area contributed by atoms with E-state index in [1.807, 2.05) is 11.8 Å². The van der Waals surface area contributed by atoms with E-state index in [1.54, 1.807) is 0 Å². The van der Waals surface area contributed by atoms with Crippen molar-refractivity contribution in [2.24, 2.45) is 0 Å². The summed E-state index contributed by atoms with van der Waals surface area (Å²) in [5, 5.41) is 12.2. The summed E-state index contributed by atoms with van der Waals surface area (Å²) in [4.78, 5) is 0. The van der Waals surface area contributed by atoms with Crippen molar-refractivity contribution in [3.05, 3.63) is 0 Å². The Balaban J connectivity index is 1.58. The minimum Gasteiger partial charge on any atom is -0.394 e. The molecule has 2 heterocycles. The summed E-state index contributed by atoms with van der Waals surface area (Å²) in [7, 11) is 0. The highest BCUT2D eigenvalue weighted by Gasteiger charge is 2.40. The van der Waals surface area contributed by atoms with Crippen molar-refractivity contribution in [3.8, 4) is 0 Å². The molecule has 2 rings (SSSR count). The third-order valence-corrected chi connectivity index (χ3v) is 4.92. The van der Waals surface area contributed by atoms with Gasteiger partial charge >= 0.3 is 0 Å². The molecule has 0 aromatic rings. The van der Waals surface area contributed by atoms with Crippen LogP contribution in [0.3, 0.4) is 0 Å². The lowest BCUT2D eigenvalue weighted by molar-refractivity contribution is -0.0701. The van der Waals surface area contributed by atoms with Crippen LogP contribution in [0.2, 0.25) is 0 Å². The van der Waals surface area contributed by atoms with Gasteiger partial charge in [-0.2, -0.15) is 11.8 Å². The van der Waals surface area contributed by atoms with Crippen LogP contribution in [-0.2, 0) is 9.47 Å². The molecule has 2 N–H and O–H groups in total. The maximum atomic E-state index is 8.59. The number of nitrogens with one attached hydrogen (secondary N) is 1.